The van der Waals surface area contributed by atoms with E-state index in [9.17, 15) is 4.39 Å². The van der Waals surface area contributed by atoms with Gasteiger partial charge in [0.25, 0.3) is 0 Å². The third kappa shape index (κ3) is 3.79. The Morgan fingerprint density at radius 3 is 2.64 bits per heavy atom. The van der Waals surface area contributed by atoms with Crippen LogP contribution in [-0.4, -0.2) is 9.97 Å². The smallest absolute Gasteiger partial charge is 0.229 e. The summed E-state index contributed by atoms with van der Waals surface area (Å²) in [7, 11) is 0. The maximum absolute atomic E-state index is 13.2. The molecule has 1 aromatic heterocycles. The Morgan fingerprint density at radius 1 is 0.955 bits per heavy atom. The molecule has 0 aliphatic heterocycles. The van der Waals surface area contributed by atoms with Crippen molar-refractivity contribution in [1.82, 2.24) is 9.97 Å². The predicted octanol–water partition coefficient (Wildman–Crippen LogP) is 3.97. The van der Waals surface area contributed by atoms with E-state index >= 15 is 0 Å². The quantitative estimate of drug-likeness (QED) is 0.747. The van der Waals surface area contributed by atoms with Gasteiger partial charge in [0, 0.05) is 18.4 Å². The van der Waals surface area contributed by atoms with E-state index in [0.717, 1.165) is 0 Å². The summed E-state index contributed by atoms with van der Waals surface area (Å²) in [5.41, 5.74) is 1.78. The molecule has 0 saturated carbocycles. The Balaban J connectivity index is 1.67. The van der Waals surface area contributed by atoms with Crippen molar-refractivity contribution < 1.29 is 4.39 Å². The van der Waals surface area contributed by atoms with Crippen molar-refractivity contribution >= 4 is 17.5 Å². The Bertz CT molecular complexity index is 746. The second kappa shape index (κ2) is 6.67. The molecule has 0 bridgehead atoms. The van der Waals surface area contributed by atoms with Gasteiger partial charge < -0.3 is 10.6 Å². The van der Waals surface area contributed by atoms with Gasteiger partial charge in [0.05, 0.1) is 0 Å². The van der Waals surface area contributed by atoms with Gasteiger partial charge in [-0.25, -0.2) is 9.37 Å². The van der Waals surface area contributed by atoms with Crippen molar-refractivity contribution in [3.8, 4) is 0 Å². The van der Waals surface area contributed by atoms with E-state index in [1.54, 1.807) is 24.4 Å². The van der Waals surface area contributed by atoms with Crippen LogP contribution in [0.5, 0.6) is 0 Å². The van der Waals surface area contributed by atoms with E-state index in [0.29, 0.717) is 24.0 Å². The minimum absolute atomic E-state index is 0.302. The molecule has 0 atom stereocenters. The van der Waals surface area contributed by atoms with E-state index in [-0.39, 0.29) is 5.82 Å². The largest absolute Gasteiger partial charge is 0.366 e. The van der Waals surface area contributed by atoms with Crippen molar-refractivity contribution in [2.45, 2.75) is 6.54 Å². The van der Waals surface area contributed by atoms with Crippen LogP contribution in [0.3, 0.4) is 0 Å². The second-order valence-electron chi connectivity index (χ2n) is 4.74. The highest BCUT2D eigenvalue weighted by Crippen LogP contribution is 2.15. The number of aromatic nitrogens is 2. The predicted molar refractivity (Wildman–Crippen MR) is 85.5 cm³/mol. The lowest BCUT2D eigenvalue weighted by Crippen LogP contribution is -2.04. The molecule has 0 amide bonds. The molecule has 0 aliphatic carbocycles. The number of nitrogens with one attached hydrogen (secondary N) is 2. The van der Waals surface area contributed by atoms with Gasteiger partial charge in [-0.2, -0.15) is 4.98 Å². The number of anilines is 3. The molecule has 5 heteroatoms. The third-order valence-electron chi connectivity index (χ3n) is 3.05. The molecule has 0 saturated heterocycles. The molecule has 0 radical (unpaired) electrons. The van der Waals surface area contributed by atoms with Gasteiger partial charge in [-0.05, 0) is 29.8 Å². The lowest BCUT2D eigenvalue weighted by atomic mass is 10.2. The zero-order valence-corrected chi connectivity index (χ0v) is 11.8. The zero-order valence-electron chi connectivity index (χ0n) is 11.8. The molecule has 4 nitrogen and oxygen atoms in total. The van der Waals surface area contributed by atoms with Crippen molar-refractivity contribution in [1.29, 1.82) is 0 Å². The molecule has 22 heavy (non-hydrogen) atoms. The summed E-state index contributed by atoms with van der Waals surface area (Å²) >= 11 is 0. The highest BCUT2D eigenvalue weighted by atomic mass is 19.1. The normalized spacial score (nSPS) is 10.2. The topological polar surface area (TPSA) is 49.8 Å². The number of hydrogen-bond donors (Lipinski definition) is 2. The summed E-state index contributed by atoms with van der Waals surface area (Å²) in [6.07, 6.45) is 1.65. The summed E-state index contributed by atoms with van der Waals surface area (Å²) in [5, 5.41) is 6.21. The Hall–Kier alpha value is -2.95. The average Bonchev–Trinajstić information content (AvgIpc) is 2.54. The number of halogens is 1. The fourth-order valence-corrected chi connectivity index (χ4v) is 2.00. The van der Waals surface area contributed by atoms with Crippen LogP contribution in [0.1, 0.15) is 5.56 Å². The zero-order chi connectivity index (χ0) is 15.2. The minimum Gasteiger partial charge on any atom is -0.366 e. The van der Waals surface area contributed by atoms with E-state index < -0.39 is 0 Å². The first-order valence-electron chi connectivity index (χ1n) is 6.93. The lowest BCUT2D eigenvalue weighted by molar-refractivity contribution is 0.628. The SMILES string of the molecule is Fc1cccc(Nc2nccc(NCc3ccccc3)n2)c1. The van der Waals surface area contributed by atoms with Crippen molar-refractivity contribution in [3.05, 3.63) is 78.2 Å². The monoisotopic (exact) mass is 294 g/mol. The summed E-state index contributed by atoms with van der Waals surface area (Å²) in [4.78, 5) is 8.49. The number of nitrogens with zero attached hydrogens (tertiary/aromatic N) is 2. The van der Waals surface area contributed by atoms with Crippen LogP contribution in [0.4, 0.5) is 21.8 Å². The Kier molecular flexibility index (Phi) is 4.25. The highest BCUT2D eigenvalue weighted by molar-refractivity contribution is 5.54. The standard InChI is InChI=1S/C17H15FN4/c18-14-7-4-8-15(11-14)21-17-19-10-9-16(22-17)20-12-13-5-2-1-3-6-13/h1-11H,12H2,(H2,19,20,21,22). The van der Waals surface area contributed by atoms with E-state index in [4.69, 9.17) is 0 Å². The molecule has 3 aromatic rings. The summed E-state index contributed by atoms with van der Waals surface area (Å²) in [5.74, 6) is 0.824. The van der Waals surface area contributed by atoms with Crippen LogP contribution < -0.4 is 10.6 Å². The molecule has 0 aliphatic rings. The van der Waals surface area contributed by atoms with Gasteiger partial charge in [-0.15, -0.1) is 0 Å². The van der Waals surface area contributed by atoms with Gasteiger partial charge >= 0.3 is 0 Å². The first-order chi connectivity index (χ1) is 10.8. The van der Waals surface area contributed by atoms with Crippen LogP contribution in [0.2, 0.25) is 0 Å². The van der Waals surface area contributed by atoms with E-state index in [1.165, 1.54) is 17.7 Å². The molecule has 1 heterocycles. The highest BCUT2D eigenvalue weighted by Gasteiger charge is 2.01. The fraction of sp³-hybridized carbons (Fsp3) is 0.0588. The molecule has 0 unspecified atom stereocenters. The minimum atomic E-state index is -0.302. The molecule has 0 spiro atoms. The van der Waals surface area contributed by atoms with Gasteiger partial charge in [0.15, 0.2) is 0 Å². The van der Waals surface area contributed by atoms with Crippen LogP contribution in [0, 0.1) is 5.82 Å². The molecular formula is C17H15FN4. The number of benzene rings is 2. The lowest BCUT2D eigenvalue weighted by Gasteiger charge is -2.08. The maximum Gasteiger partial charge on any atom is 0.229 e. The van der Waals surface area contributed by atoms with Crippen molar-refractivity contribution in [2.24, 2.45) is 0 Å². The average molecular weight is 294 g/mol. The summed E-state index contributed by atoms with van der Waals surface area (Å²) in [6.45, 7) is 0.678. The van der Waals surface area contributed by atoms with Gasteiger partial charge in [0.1, 0.15) is 11.6 Å². The number of rotatable bonds is 5. The van der Waals surface area contributed by atoms with E-state index in [2.05, 4.69) is 20.6 Å². The van der Waals surface area contributed by atoms with Gasteiger partial charge in [0.2, 0.25) is 5.95 Å². The van der Waals surface area contributed by atoms with Crippen LogP contribution >= 0.6 is 0 Å². The fourth-order valence-electron chi connectivity index (χ4n) is 2.00. The number of hydrogen-bond acceptors (Lipinski definition) is 4. The maximum atomic E-state index is 13.2. The van der Waals surface area contributed by atoms with Crippen LogP contribution in [0.15, 0.2) is 66.9 Å². The first-order valence-corrected chi connectivity index (χ1v) is 6.93. The third-order valence-corrected chi connectivity index (χ3v) is 3.05. The Labute approximate surface area is 128 Å². The molecule has 2 aromatic carbocycles. The van der Waals surface area contributed by atoms with Crippen LogP contribution in [0.25, 0.3) is 0 Å². The molecule has 110 valence electrons. The molecule has 3 rings (SSSR count). The molecular weight excluding hydrogens is 279 g/mol. The van der Waals surface area contributed by atoms with Gasteiger partial charge in [-0.1, -0.05) is 36.4 Å². The van der Waals surface area contributed by atoms with E-state index in [1.807, 2.05) is 30.3 Å². The van der Waals surface area contributed by atoms with Gasteiger partial charge in [-0.3, -0.25) is 0 Å². The molecule has 2 N–H and O–H groups in total. The van der Waals surface area contributed by atoms with Crippen molar-refractivity contribution in [3.63, 3.8) is 0 Å². The van der Waals surface area contributed by atoms with Crippen molar-refractivity contribution in [2.75, 3.05) is 10.6 Å². The van der Waals surface area contributed by atoms with Crippen LogP contribution in [-0.2, 0) is 6.54 Å². The first kappa shape index (κ1) is 14.0. The second-order valence-corrected chi connectivity index (χ2v) is 4.74. The Morgan fingerprint density at radius 2 is 1.82 bits per heavy atom. The summed E-state index contributed by atoms with van der Waals surface area (Å²) < 4.78 is 13.2. The summed E-state index contributed by atoms with van der Waals surface area (Å²) in [6, 6.07) is 18.0. The molecule has 0 fully saturated rings.